The number of hydrogen-bond donors (Lipinski definition) is 2. The molecule has 0 spiro atoms. The van der Waals surface area contributed by atoms with E-state index < -0.39 is 6.61 Å². The summed E-state index contributed by atoms with van der Waals surface area (Å²) in [5, 5.41) is 6.05. The Bertz CT molecular complexity index is 512. The molecule has 1 aromatic carbocycles. The average Bonchev–Trinajstić information content (AvgIpc) is 2.49. The summed E-state index contributed by atoms with van der Waals surface area (Å²) >= 11 is 5.84. The van der Waals surface area contributed by atoms with E-state index in [2.05, 4.69) is 15.4 Å². The second-order valence-electron chi connectivity index (χ2n) is 5.30. The summed E-state index contributed by atoms with van der Waals surface area (Å²) in [5.41, 5.74) is 0.474. The first-order valence-corrected chi connectivity index (χ1v) is 7.67. The molecule has 0 bridgehead atoms. The number of ether oxygens (including phenoxy) is 1. The maximum Gasteiger partial charge on any atom is 0.387 e. The van der Waals surface area contributed by atoms with Crippen LogP contribution in [0.25, 0.3) is 0 Å². The van der Waals surface area contributed by atoms with Gasteiger partial charge >= 0.3 is 6.61 Å². The zero-order valence-electron chi connectivity index (χ0n) is 12.5. The van der Waals surface area contributed by atoms with Gasteiger partial charge < -0.3 is 15.4 Å². The van der Waals surface area contributed by atoms with E-state index >= 15 is 0 Å². The molecule has 0 aromatic heterocycles. The Hall–Kier alpha value is -1.11. The van der Waals surface area contributed by atoms with Gasteiger partial charge in [-0.25, -0.2) is 0 Å². The third-order valence-electron chi connectivity index (χ3n) is 3.67. The van der Waals surface area contributed by atoms with Crippen LogP contribution in [0.1, 0.15) is 25.7 Å². The maximum atomic E-state index is 12.1. The zero-order chi connectivity index (χ0) is 15.9. The van der Waals surface area contributed by atoms with Crippen molar-refractivity contribution in [1.29, 1.82) is 0 Å². The lowest BCUT2D eigenvalue weighted by Crippen LogP contribution is -2.28. The fourth-order valence-electron chi connectivity index (χ4n) is 2.50. The Labute approximate surface area is 145 Å². The van der Waals surface area contributed by atoms with Crippen LogP contribution < -0.4 is 15.4 Å². The number of anilines is 1. The second-order valence-corrected chi connectivity index (χ2v) is 5.71. The first-order valence-electron chi connectivity index (χ1n) is 7.29. The molecule has 1 heterocycles. The highest BCUT2D eigenvalue weighted by Crippen LogP contribution is 2.29. The number of rotatable bonds is 6. The zero-order valence-corrected chi connectivity index (χ0v) is 14.1. The normalized spacial score (nSPS) is 15.1. The van der Waals surface area contributed by atoms with Crippen LogP contribution in [0, 0.1) is 5.92 Å². The lowest BCUT2D eigenvalue weighted by molar-refractivity contribution is -0.116. The molecule has 1 fully saturated rings. The summed E-state index contributed by atoms with van der Waals surface area (Å²) in [4.78, 5) is 11.9. The van der Waals surface area contributed by atoms with Gasteiger partial charge in [0.25, 0.3) is 0 Å². The minimum Gasteiger partial charge on any atom is -0.433 e. The standard InChI is InChI=1S/C15H19ClF2N2O2.ClH/c16-12-9-11(2-3-13(12)22-15(17)18)20-14(21)4-1-10-5-7-19-8-6-10;/h2-3,9-10,15,19H,1,4-8H2,(H,20,21);1H. The van der Waals surface area contributed by atoms with Crippen LogP contribution in [-0.2, 0) is 4.79 Å². The highest BCUT2D eigenvalue weighted by atomic mass is 35.5. The van der Waals surface area contributed by atoms with Crippen LogP contribution in [0.15, 0.2) is 18.2 Å². The maximum absolute atomic E-state index is 12.1. The van der Waals surface area contributed by atoms with Gasteiger partial charge in [-0.3, -0.25) is 4.79 Å². The quantitative estimate of drug-likeness (QED) is 0.795. The summed E-state index contributed by atoms with van der Waals surface area (Å²) in [7, 11) is 0. The Morgan fingerprint density at radius 1 is 1.39 bits per heavy atom. The number of carbonyl (C=O) groups excluding carboxylic acids is 1. The van der Waals surface area contributed by atoms with Gasteiger partial charge in [-0.05, 0) is 56.5 Å². The lowest BCUT2D eigenvalue weighted by Gasteiger charge is -2.22. The number of amides is 1. The summed E-state index contributed by atoms with van der Waals surface area (Å²) in [6.07, 6.45) is 3.49. The summed E-state index contributed by atoms with van der Waals surface area (Å²) in [6.45, 7) is -0.913. The largest absolute Gasteiger partial charge is 0.433 e. The van der Waals surface area contributed by atoms with Crippen LogP contribution in [0.4, 0.5) is 14.5 Å². The number of hydrogen-bond acceptors (Lipinski definition) is 3. The fraction of sp³-hybridized carbons (Fsp3) is 0.533. The Balaban J connectivity index is 0.00000264. The number of piperidine rings is 1. The smallest absolute Gasteiger partial charge is 0.387 e. The summed E-state index contributed by atoms with van der Waals surface area (Å²) in [6, 6.07) is 4.21. The summed E-state index contributed by atoms with van der Waals surface area (Å²) in [5.74, 6) is 0.374. The highest BCUT2D eigenvalue weighted by Gasteiger charge is 2.15. The molecule has 1 amide bonds. The van der Waals surface area contributed by atoms with Gasteiger partial charge in [0, 0.05) is 12.1 Å². The number of halogens is 4. The highest BCUT2D eigenvalue weighted by molar-refractivity contribution is 6.32. The molecule has 0 radical (unpaired) electrons. The molecule has 8 heteroatoms. The van der Waals surface area contributed by atoms with Crippen molar-refractivity contribution in [2.45, 2.75) is 32.3 Å². The van der Waals surface area contributed by atoms with Gasteiger partial charge in [-0.15, -0.1) is 12.4 Å². The van der Waals surface area contributed by atoms with E-state index in [-0.39, 0.29) is 29.1 Å². The van der Waals surface area contributed by atoms with Crippen molar-refractivity contribution in [3.63, 3.8) is 0 Å². The minimum absolute atomic E-state index is 0. The number of alkyl halides is 2. The SMILES string of the molecule is Cl.O=C(CCC1CCNCC1)Nc1ccc(OC(F)F)c(Cl)c1. The van der Waals surface area contributed by atoms with E-state index in [1.54, 1.807) is 0 Å². The third kappa shape index (κ3) is 6.89. The van der Waals surface area contributed by atoms with E-state index in [4.69, 9.17) is 11.6 Å². The van der Waals surface area contributed by atoms with Crippen molar-refractivity contribution >= 4 is 35.6 Å². The van der Waals surface area contributed by atoms with Crippen LogP contribution in [0.5, 0.6) is 5.75 Å². The van der Waals surface area contributed by atoms with Gasteiger partial charge in [0.1, 0.15) is 5.75 Å². The molecule has 1 aromatic rings. The molecule has 130 valence electrons. The lowest BCUT2D eigenvalue weighted by atomic mass is 9.93. The van der Waals surface area contributed by atoms with Crippen LogP contribution in [-0.4, -0.2) is 25.6 Å². The molecule has 1 aliphatic rings. The molecule has 2 rings (SSSR count). The van der Waals surface area contributed by atoms with Crippen molar-refractivity contribution < 1.29 is 18.3 Å². The van der Waals surface area contributed by atoms with Crippen molar-refractivity contribution in [2.75, 3.05) is 18.4 Å². The van der Waals surface area contributed by atoms with Crippen LogP contribution >= 0.6 is 24.0 Å². The monoisotopic (exact) mass is 368 g/mol. The van der Waals surface area contributed by atoms with Gasteiger partial charge in [0.05, 0.1) is 5.02 Å². The molecule has 0 aliphatic carbocycles. The topological polar surface area (TPSA) is 50.4 Å². The van der Waals surface area contributed by atoms with Gasteiger partial charge in [-0.1, -0.05) is 11.6 Å². The first kappa shape index (κ1) is 19.9. The number of benzene rings is 1. The number of nitrogens with one attached hydrogen (secondary N) is 2. The molecule has 0 unspecified atom stereocenters. The first-order chi connectivity index (χ1) is 10.5. The summed E-state index contributed by atoms with van der Waals surface area (Å²) < 4.78 is 28.5. The predicted octanol–water partition coefficient (Wildman–Crippen LogP) is 4.08. The van der Waals surface area contributed by atoms with Crippen LogP contribution in [0.3, 0.4) is 0 Å². The van der Waals surface area contributed by atoms with E-state index in [0.29, 0.717) is 18.0 Å². The van der Waals surface area contributed by atoms with E-state index in [1.807, 2.05) is 0 Å². The Morgan fingerprint density at radius 3 is 2.70 bits per heavy atom. The van der Waals surface area contributed by atoms with Crippen molar-refractivity contribution in [1.82, 2.24) is 5.32 Å². The van der Waals surface area contributed by atoms with Crippen molar-refractivity contribution in [3.8, 4) is 5.75 Å². The molecule has 0 saturated carbocycles. The molecule has 1 aliphatic heterocycles. The van der Waals surface area contributed by atoms with Crippen molar-refractivity contribution in [3.05, 3.63) is 23.2 Å². The molecule has 2 N–H and O–H groups in total. The molecule has 4 nitrogen and oxygen atoms in total. The third-order valence-corrected chi connectivity index (χ3v) is 3.97. The van der Waals surface area contributed by atoms with E-state index in [0.717, 1.165) is 32.4 Å². The second kappa shape index (κ2) is 9.90. The van der Waals surface area contributed by atoms with Gasteiger partial charge in [0.2, 0.25) is 5.91 Å². The molecule has 0 atom stereocenters. The molecule has 23 heavy (non-hydrogen) atoms. The van der Waals surface area contributed by atoms with Gasteiger partial charge in [-0.2, -0.15) is 8.78 Å². The average molecular weight is 369 g/mol. The molecular formula is C15H20Cl2F2N2O2. The van der Waals surface area contributed by atoms with Gasteiger partial charge in [0.15, 0.2) is 0 Å². The predicted molar refractivity (Wildman–Crippen MR) is 88.8 cm³/mol. The minimum atomic E-state index is -2.93. The Kier molecular flexibility index (Phi) is 8.58. The van der Waals surface area contributed by atoms with E-state index in [9.17, 15) is 13.6 Å². The number of carbonyl (C=O) groups is 1. The van der Waals surface area contributed by atoms with Crippen LogP contribution in [0.2, 0.25) is 5.02 Å². The Morgan fingerprint density at radius 2 is 2.09 bits per heavy atom. The fourth-order valence-corrected chi connectivity index (χ4v) is 2.72. The molecule has 1 saturated heterocycles. The van der Waals surface area contributed by atoms with E-state index in [1.165, 1.54) is 18.2 Å². The molecular weight excluding hydrogens is 349 g/mol. The van der Waals surface area contributed by atoms with Crippen molar-refractivity contribution in [2.24, 2.45) is 5.92 Å².